The maximum absolute atomic E-state index is 10.9. The van der Waals surface area contributed by atoms with Crippen LogP contribution >= 0.6 is 11.6 Å². The van der Waals surface area contributed by atoms with Crippen molar-refractivity contribution in [2.45, 2.75) is 18.4 Å². The maximum atomic E-state index is 10.9. The number of nitrogens with zero attached hydrogens (tertiary/aromatic N) is 1. The van der Waals surface area contributed by atoms with E-state index in [1.807, 2.05) is 42.5 Å². The normalized spacial score (nSPS) is 14.0. The highest BCUT2D eigenvalue weighted by Crippen LogP contribution is 2.30. The summed E-state index contributed by atoms with van der Waals surface area (Å²) in [6.45, 7) is 0. The maximum Gasteiger partial charge on any atom is 0.126 e. The lowest BCUT2D eigenvalue weighted by atomic mass is 9.85. The van der Waals surface area contributed by atoms with Crippen molar-refractivity contribution in [3.05, 3.63) is 59.8 Å². The van der Waals surface area contributed by atoms with Crippen LogP contribution in [0.3, 0.4) is 0 Å². The summed E-state index contributed by atoms with van der Waals surface area (Å²) in [5.41, 5.74) is 6.51. The van der Waals surface area contributed by atoms with Crippen molar-refractivity contribution in [3.63, 3.8) is 0 Å². The van der Waals surface area contributed by atoms with E-state index in [1.54, 1.807) is 6.20 Å². The summed E-state index contributed by atoms with van der Waals surface area (Å²) >= 11 is 5.83. The fraction of sp³-hybridized carbons (Fsp3) is 0.267. The number of aromatic nitrogens is 1. The number of rotatable bonds is 5. The number of alkyl halides is 1. The largest absolute Gasteiger partial charge is 0.385 e. The van der Waals surface area contributed by atoms with Crippen molar-refractivity contribution >= 4 is 17.4 Å². The van der Waals surface area contributed by atoms with Gasteiger partial charge in [0.2, 0.25) is 0 Å². The van der Waals surface area contributed by atoms with Crippen LogP contribution in [0.25, 0.3) is 0 Å². The Hall–Kier alpha value is -1.58. The molecule has 0 amide bonds. The number of aliphatic hydroxyl groups is 1. The fourth-order valence-electron chi connectivity index (χ4n) is 2.15. The van der Waals surface area contributed by atoms with E-state index in [1.165, 1.54) is 0 Å². The van der Waals surface area contributed by atoms with Crippen LogP contribution in [0.5, 0.6) is 0 Å². The minimum Gasteiger partial charge on any atom is -0.385 e. The van der Waals surface area contributed by atoms with Gasteiger partial charge in [0, 0.05) is 18.5 Å². The van der Waals surface area contributed by atoms with Crippen molar-refractivity contribution in [1.29, 1.82) is 0 Å². The Morgan fingerprint density at radius 1 is 1.16 bits per heavy atom. The van der Waals surface area contributed by atoms with Crippen LogP contribution in [-0.2, 0) is 12.0 Å². The van der Waals surface area contributed by atoms with E-state index in [0.717, 1.165) is 11.1 Å². The molecule has 1 atom stereocenters. The number of nitrogen functional groups attached to an aromatic ring is 1. The molecule has 4 heteroatoms. The molecule has 0 saturated heterocycles. The van der Waals surface area contributed by atoms with Crippen molar-refractivity contribution < 1.29 is 5.11 Å². The SMILES string of the molecule is Nc1ncccc1CC(O)(CCCl)c1ccccc1. The van der Waals surface area contributed by atoms with Crippen LogP contribution in [0.15, 0.2) is 48.7 Å². The molecule has 0 aliphatic carbocycles. The molecule has 1 aromatic heterocycles. The molecule has 0 fully saturated rings. The third-order valence-electron chi connectivity index (χ3n) is 3.23. The molecular weight excluding hydrogens is 260 g/mol. The summed E-state index contributed by atoms with van der Waals surface area (Å²) in [6.07, 6.45) is 2.51. The Labute approximate surface area is 118 Å². The van der Waals surface area contributed by atoms with E-state index < -0.39 is 5.60 Å². The standard InChI is InChI=1S/C15H17ClN2O/c16-9-8-15(19,13-6-2-1-3-7-13)11-12-5-4-10-18-14(12)17/h1-7,10,19H,8-9,11H2,(H2,17,18). The topological polar surface area (TPSA) is 59.1 Å². The Morgan fingerprint density at radius 2 is 1.89 bits per heavy atom. The lowest BCUT2D eigenvalue weighted by Crippen LogP contribution is -2.29. The second kappa shape index (κ2) is 6.04. The minimum absolute atomic E-state index is 0.381. The predicted octanol–water partition coefficient (Wildman–Crippen LogP) is 2.72. The highest BCUT2D eigenvalue weighted by molar-refractivity contribution is 6.17. The zero-order chi connectivity index (χ0) is 13.7. The Kier molecular flexibility index (Phi) is 4.40. The summed E-state index contributed by atoms with van der Waals surface area (Å²) in [5, 5.41) is 10.9. The van der Waals surface area contributed by atoms with Crippen LogP contribution in [-0.4, -0.2) is 16.0 Å². The molecule has 0 radical (unpaired) electrons. The molecule has 2 rings (SSSR count). The lowest BCUT2D eigenvalue weighted by molar-refractivity contribution is 0.0337. The molecular formula is C15H17ClN2O. The van der Waals surface area contributed by atoms with Gasteiger partial charge in [-0.15, -0.1) is 11.6 Å². The Balaban J connectivity index is 2.33. The first-order chi connectivity index (χ1) is 9.15. The van der Waals surface area contributed by atoms with Crippen LogP contribution in [0.1, 0.15) is 17.5 Å². The number of nitrogens with two attached hydrogens (primary N) is 1. The molecule has 0 saturated carbocycles. The van der Waals surface area contributed by atoms with Crippen LogP contribution in [0.2, 0.25) is 0 Å². The third-order valence-corrected chi connectivity index (χ3v) is 3.42. The van der Waals surface area contributed by atoms with Gasteiger partial charge < -0.3 is 10.8 Å². The van der Waals surface area contributed by atoms with Crippen LogP contribution < -0.4 is 5.73 Å². The first kappa shape index (κ1) is 13.8. The summed E-state index contributed by atoms with van der Waals surface area (Å²) in [4.78, 5) is 4.05. The van der Waals surface area contributed by atoms with Gasteiger partial charge >= 0.3 is 0 Å². The Bertz CT molecular complexity index is 533. The number of benzene rings is 1. The molecule has 3 nitrogen and oxygen atoms in total. The number of pyridine rings is 1. The second-order valence-corrected chi connectivity index (χ2v) is 4.94. The monoisotopic (exact) mass is 276 g/mol. The van der Waals surface area contributed by atoms with Crippen molar-refractivity contribution in [3.8, 4) is 0 Å². The number of anilines is 1. The predicted molar refractivity (Wildman–Crippen MR) is 78.0 cm³/mol. The summed E-state index contributed by atoms with van der Waals surface area (Å²) in [7, 11) is 0. The fourth-order valence-corrected chi connectivity index (χ4v) is 2.47. The van der Waals surface area contributed by atoms with E-state index >= 15 is 0 Å². The van der Waals surface area contributed by atoms with Gasteiger partial charge in [0.15, 0.2) is 0 Å². The van der Waals surface area contributed by atoms with Gasteiger partial charge in [0.25, 0.3) is 0 Å². The van der Waals surface area contributed by atoms with Crippen molar-refractivity contribution in [2.75, 3.05) is 11.6 Å². The van der Waals surface area contributed by atoms with Gasteiger partial charge in [-0.25, -0.2) is 4.98 Å². The van der Waals surface area contributed by atoms with Crippen molar-refractivity contribution in [1.82, 2.24) is 4.98 Å². The molecule has 1 aromatic carbocycles. The van der Waals surface area contributed by atoms with Gasteiger partial charge in [-0.3, -0.25) is 0 Å². The van der Waals surface area contributed by atoms with E-state index in [-0.39, 0.29) is 0 Å². The van der Waals surface area contributed by atoms with Crippen LogP contribution in [0.4, 0.5) is 5.82 Å². The van der Waals surface area contributed by atoms with Gasteiger partial charge in [-0.1, -0.05) is 36.4 Å². The average molecular weight is 277 g/mol. The number of halogens is 1. The van der Waals surface area contributed by atoms with E-state index in [4.69, 9.17) is 17.3 Å². The molecule has 0 spiro atoms. The van der Waals surface area contributed by atoms with Crippen molar-refractivity contribution in [2.24, 2.45) is 0 Å². The zero-order valence-corrected chi connectivity index (χ0v) is 11.3. The molecule has 0 aliphatic heterocycles. The van der Waals surface area contributed by atoms with Gasteiger partial charge in [0.1, 0.15) is 5.82 Å². The van der Waals surface area contributed by atoms with Gasteiger partial charge in [-0.2, -0.15) is 0 Å². The quantitative estimate of drug-likeness (QED) is 0.826. The zero-order valence-electron chi connectivity index (χ0n) is 10.6. The lowest BCUT2D eigenvalue weighted by Gasteiger charge is -2.28. The molecule has 3 N–H and O–H groups in total. The molecule has 1 unspecified atom stereocenters. The number of hydrogen-bond donors (Lipinski definition) is 2. The third kappa shape index (κ3) is 3.25. The van der Waals surface area contributed by atoms with Crippen LogP contribution in [0, 0.1) is 0 Å². The highest BCUT2D eigenvalue weighted by Gasteiger charge is 2.29. The molecule has 100 valence electrons. The number of hydrogen-bond acceptors (Lipinski definition) is 3. The second-order valence-electron chi connectivity index (χ2n) is 4.56. The highest BCUT2D eigenvalue weighted by atomic mass is 35.5. The molecule has 2 aromatic rings. The van der Waals surface area contributed by atoms with E-state index in [2.05, 4.69) is 4.98 Å². The molecule has 0 aliphatic rings. The Morgan fingerprint density at radius 3 is 2.53 bits per heavy atom. The summed E-state index contributed by atoms with van der Waals surface area (Å²) < 4.78 is 0. The average Bonchev–Trinajstić information content (AvgIpc) is 2.43. The van der Waals surface area contributed by atoms with Gasteiger partial charge in [-0.05, 0) is 23.6 Å². The summed E-state index contributed by atoms with van der Waals surface area (Å²) in [6, 6.07) is 13.2. The van der Waals surface area contributed by atoms with Gasteiger partial charge in [0.05, 0.1) is 5.60 Å². The molecule has 1 heterocycles. The smallest absolute Gasteiger partial charge is 0.126 e. The minimum atomic E-state index is -1.01. The molecule has 19 heavy (non-hydrogen) atoms. The van der Waals surface area contributed by atoms with E-state index in [9.17, 15) is 5.11 Å². The molecule has 0 bridgehead atoms. The van der Waals surface area contributed by atoms with E-state index in [0.29, 0.717) is 24.5 Å². The summed E-state index contributed by atoms with van der Waals surface area (Å²) in [5.74, 6) is 0.831. The first-order valence-electron chi connectivity index (χ1n) is 6.19. The first-order valence-corrected chi connectivity index (χ1v) is 6.72.